The molecule has 1 aromatic heterocycles. The maximum Gasteiger partial charge on any atom is 0.223 e. The van der Waals surface area contributed by atoms with Crippen molar-refractivity contribution in [3.8, 4) is 0 Å². The third kappa shape index (κ3) is 4.65. The van der Waals surface area contributed by atoms with E-state index in [-0.39, 0.29) is 11.8 Å². The Morgan fingerprint density at radius 3 is 2.71 bits per heavy atom. The van der Waals surface area contributed by atoms with Crippen molar-refractivity contribution >= 4 is 17.2 Å². The summed E-state index contributed by atoms with van der Waals surface area (Å²) in [6.07, 6.45) is 2.88. The lowest BCUT2D eigenvalue weighted by molar-refractivity contribution is -0.126. The molecule has 1 aromatic carbocycles. The third-order valence-electron chi connectivity index (χ3n) is 4.56. The standard InChI is InChI=1S/C19H25N3OS/c1-2-18-21-17(14-24-18)13-22-10-8-16(9-11-22)19(23)20-12-15-6-4-3-5-7-15/h3-7,14,16H,2,8-13H2,1H3,(H,20,23). The number of carbonyl (C=O) groups excluding carboxylic acids is 1. The first-order chi connectivity index (χ1) is 11.7. The summed E-state index contributed by atoms with van der Waals surface area (Å²) in [6, 6.07) is 10.1. The van der Waals surface area contributed by atoms with Crippen LogP contribution in [0.25, 0.3) is 0 Å². The van der Waals surface area contributed by atoms with Crippen LogP contribution in [-0.2, 0) is 24.3 Å². The van der Waals surface area contributed by atoms with Crippen LogP contribution in [0.2, 0.25) is 0 Å². The number of nitrogens with one attached hydrogen (secondary N) is 1. The van der Waals surface area contributed by atoms with Crippen LogP contribution < -0.4 is 5.32 Å². The maximum atomic E-state index is 12.3. The van der Waals surface area contributed by atoms with Gasteiger partial charge in [0.15, 0.2) is 0 Å². The van der Waals surface area contributed by atoms with Crippen molar-refractivity contribution in [2.45, 2.75) is 39.3 Å². The Balaban J connectivity index is 1.42. The van der Waals surface area contributed by atoms with E-state index >= 15 is 0 Å². The minimum atomic E-state index is 0.145. The fraction of sp³-hybridized carbons (Fsp3) is 0.474. The molecule has 0 spiro atoms. The van der Waals surface area contributed by atoms with Crippen molar-refractivity contribution < 1.29 is 4.79 Å². The van der Waals surface area contributed by atoms with Gasteiger partial charge in [0.1, 0.15) is 0 Å². The lowest BCUT2D eigenvalue weighted by Gasteiger charge is -2.30. The number of rotatable bonds is 6. The molecule has 0 saturated carbocycles. The fourth-order valence-corrected chi connectivity index (χ4v) is 3.83. The Bertz CT molecular complexity index is 648. The predicted molar refractivity (Wildman–Crippen MR) is 97.8 cm³/mol. The van der Waals surface area contributed by atoms with Crippen LogP contribution in [0.15, 0.2) is 35.7 Å². The molecule has 0 atom stereocenters. The SMILES string of the molecule is CCc1nc(CN2CCC(C(=O)NCc3ccccc3)CC2)cs1. The Morgan fingerprint density at radius 1 is 1.29 bits per heavy atom. The summed E-state index contributed by atoms with van der Waals surface area (Å²) in [4.78, 5) is 19.4. The molecule has 1 saturated heterocycles. The van der Waals surface area contributed by atoms with Gasteiger partial charge in [-0.3, -0.25) is 9.69 Å². The van der Waals surface area contributed by atoms with Gasteiger partial charge in [-0.25, -0.2) is 4.98 Å². The van der Waals surface area contributed by atoms with Crippen LogP contribution in [0.3, 0.4) is 0 Å². The number of hydrogen-bond donors (Lipinski definition) is 1. The molecule has 128 valence electrons. The van der Waals surface area contributed by atoms with Crippen LogP contribution in [-0.4, -0.2) is 28.9 Å². The van der Waals surface area contributed by atoms with Gasteiger partial charge in [-0.05, 0) is 37.9 Å². The molecule has 1 fully saturated rings. The van der Waals surface area contributed by atoms with E-state index in [1.807, 2.05) is 30.3 Å². The number of likely N-dealkylation sites (tertiary alicyclic amines) is 1. The fourth-order valence-electron chi connectivity index (χ4n) is 3.10. The van der Waals surface area contributed by atoms with E-state index in [2.05, 4.69) is 27.5 Å². The summed E-state index contributed by atoms with van der Waals surface area (Å²) < 4.78 is 0. The zero-order valence-electron chi connectivity index (χ0n) is 14.2. The molecule has 3 rings (SSSR count). The van der Waals surface area contributed by atoms with Crippen LogP contribution in [0, 0.1) is 5.92 Å². The topological polar surface area (TPSA) is 45.2 Å². The molecule has 1 aliphatic rings. The number of carbonyl (C=O) groups is 1. The lowest BCUT2D eigenvalue weighted by atomic mass is 9.95. The van der Waals surface area contributed by atoms with E-state index < -0.39 is 0 Å². The largest absolute Gasteiger partial charge is 0.352 e. The molecule has 2 heterocycles. The van der Waals surface area contributed by atoms with Crippen LogP contribution >= 0.6 is 11.3 Å². The smallest absolute Gasteiger partial charge is 0.223 e. The van der Waals surface area contributed by atoms with Gasteiger partial charge in [0.25, 0.3) is 0 Å². The van der Waals surface area contributed by atoms with Gasteiger partial charge in [0.2, 0.25) is 5.91 Å². The lowest BCUT2D eigenvalue weighted by Crippen LogP contribution is -2.40. The maximum absolute atomic E-state index is 12.3. The number of aryl methyl sites for hydroxylation is 1. The van der Waals surface area contributed by atoms with E-state index in [1.165, 1.54) is 10.7 Å². The van der Waals surface area contributed by atoms with Crippen molar-refractivity contribution in [2.24, 2.45) is 5.92 Å². The van der Waals surface area contributed by atoms with E-state index in [1.54, 1.807) is 11.3 Å². The van der Waals surface area contributed by atoms with Crippen LogP contribution in [0.5, 0.6) is 0 Å². The van der Waals surface area contributed by atoms with E-state index in [9.17, 15) is 4.79 Å². The normalized spacial score (nSPS) is 16.2. The van der Waals surface area contributed by atoms with Gasteiger partial charge in [-0.1, -0.05) is 37.3 Å². The van der Waals surface area contributed by atoms with E-state index in [0.29, 0.717) is 6.54 Å². The summed E-state index contributed by atoms with van der Waals surface area (Å²) >= 11 is 1.75. The first-order valence-electron chi connectivity index (χ1n) is 8.72. The van der Waals surface area contributed by atoms with Crippen molar-refractivity contribution in [1.29, 1.82) is 0 Å². The molecule has 0 unspecified atom stereocenters. The van der Waals surface area contributed by atoms with Crippen molar-refractivity contribution in [2.75, 3.05) is 13.1 Å². The summed E-state index contributed by atoms with van der Waals surface area (Å²) in [5.41, 5.74) is 2.32. The quantitative estimate of drug-likeness (QED) is 0.876. The van der Waals surface area contributed by atoms with Crippen molar-refractivity contribution in [3.63, 3.8) is 0 Å². The summed E-state index contributed by atoms with van der Waals surface area (Å²) in [5, 5.41) is 6.45. The highest BCUT2D eigenvalue weighted by molar-refractivity contribution is 7.09. The summed E-state index contributed by atoms with van der Waals surface area (Å²) in [6.45, 7) is 5.63. The van der Waals surface area contributed by atoms with Gasteiger partial charge >= 0.3 is 0 Å². The van der Waals surface area contributed by atoms with Gasteiger partial charge in [0, 0.05) is 24.4 Å². The van der Waals surface area contributed by atoms with Gasteiger partial charge in [-0.2, -0.15) is 0 Å². The molecule has 4 nitrogen and oxygen atoms in total. The zero-order valence-corrected chi connectivity index (χ0v) is 15.0. The average Bonchev–Trinajstić information content (AvgIpc) is 3.09. The first-order valence-corrected chi connectivity index (χ1v) is 9.60. The Morgan fingerprint density at radius 2 is 2.04 bits per heavy atom. The molecule has 24 heavy (non-hydrogen) atoms. The predicted octanol–water partition coefficient (Wildman–Crippen LogP) is 3.23. The second kappa shape index (κ2) is 8.40. The number of amides is 1. The van der Waals surface area contributed by atoms with Crippen molar-refractivity contribution in [3.05, 3.63) is 52.0 Å². The average molecular weight is 343 g/mol. The Hall–Kier alpha value is -1.72. The molecular weight excluding hydrogens is 318 g/mol. The van der Waals surface area contributed by atoms with Gasteiger partial charge < -0.3 is 5.32 Å². The Kier molecular flexibility index (Phi) is 5.99. The van der Waals surface area contributed by atoms with Crippen LogP contribution in [0.4, 0.5) is 0 Å². The minimum Gasteiger partial charge on any atom is -0.352 e. The molecule has 0 bridgehead atoms. The number of nitrogens with zero attached hydrogens (tertiary/aromatic N) is 2. The monoisotopic (exact) mass is 343 g/mol. The summed E-state index contributed by atoms with van der Waals surface area (Å²) in [5.74, 6) is 0.340. The first kappa shape index (κ1) is 17.1. The van der Waals surface area contributed by atoms with E-state index in [0.717, 1.165) is 44.5 Å². The van der Waals surface area contributed by atoms with Crippen LogP contribution in [0.1, 0.15) is 36.0 Å². The third-order valence-corrected chi connectivity index (χ3v) is 5.60. The molecule has 0 radical (unpaired) electrons. The number of benzene rings is 1. The number of aromatic nitrogens is 1. The van der Waals surface area contributed by atoms with Gasteiger partial charge in [-0.15, -0.1) is 11.3 Å². The minimum absolute atomic E-state index is 0.145. The molecular formula is C19H25N3OS. The molecule has 1 amide bonds. The number of hydrogen-bond acceptors (Lipinski definition) is 4. The number of thiazole rings is 1. The molecule has 5 heteroatoms. The summed E-state index contributed by atoms with van der Waals surface area (Å²) in [7, 11) is 0. The molecule has 2 aromatic rings. The Labute approximate surface area is 147 Å². The highest BCUT2D eigenvalue weighted by atomic mass is 32.1. The highest BCUT2D eigenvalue weighted by Crippen LogP contribution is 2.20. The molecule has 1 aliphatic heterocycles. The van der Waals surface area contributed by atoms with Gasteiger partial charge in [0.05, 0.1) is 10.7 Å². The molecule has 1 N–H and O–H groups in total. The molecule has 0 aliphatic carbocycles. The second-order valence-electron chi connectivity index (χ2n) is 6.34. The van der Waals surface area contributed by atoms with Crippen molar-refractivity contribution in [1.82, 2.24) is 15.2 Å². The highest BCUT2D eigenvalue weighted by Gasteiger charge is 2.25. The van der Waals surface area contributed by atoms with E-state index in [4.69, 9.17) is 0 Å². The second-order valence-corrected chi connectivity index (χ2v) is 7.28. The zero-order chi connectivity index (χ0) is 16.8. The number of piperidine rings is 1.